The van der Waals surface area contributed by atoms with E-state index in [2.05, 4.69) is 122 Å². The molecule has 356 valence electrons. The van der Waals surface area contributed by atoms with Crippen molar-refractivity contribution in [1.29, 1.82) is 0 Å². The predicted octanol–water partition coefficient (Wildman–Crippen LogP) is 13.1. The second-order valence-electron chi connectivity index (χ2n) is 15.0. The zero-order chi connectivity index (χ0) is 46.2. The van der Waals surface area contributed by atoms with Gasteiger partial charge in [0, 0.05) is 12.8 Å². The Morgan fingerprint density at radius 3 is 1.38 bits per heavy atom. The SMILES string of the molecule is CC/C=C/C/C=C/C/C=C/C/C=C/C/C=C/C/C=C/CCC(=O)O[C@H](COC(=O)CCC/C=C/C/C=C/C/C=C/C/C=C/CCCCCCCCC)COP(=O)(O)OC[C@@H](O)CO. The molecule has 0 bridgehead atoms. The Kier molecular flexibility index (Phi) is 43.7. The van der Waals surface area contributed by atoms with Gasteiger partial charge in [0.2, 0.25) is 0 Å². The van der Waals surface area contributed by atoms with Crippen LogP contribution in [0.5, 0.6) is 0 Å². The lowest BCUT2D eigenvalue weighted by molar-refractivity contribution is -0.161. The number of esters is 2. The van der Waals surface area contributed by atoms with Crippen LogP contribution in [0.15, 0.2) is 122 Å². The summed E-state index contributed by atoms with van der Waals surface area (Å²) in [6.07, 6.45) is 60.5. The second-order valence-corrected chi connectivity index (χ2v) is 16.5. The van der Waals surface area contributed by atoms with Crippen molar-refractivity contribution >= 4 is 19.8 Å². The molecule has 0 heterocycles. The molecule has 3 atom stereocenters. The Balaban J connectivity index is 4.49. The average Bonchev–Trinajstić information content (AvgIpc) is 3.27. The fourth-order valence-electron chi connectivity index (χ4n) is 5.54. The van der Waals surface area contributed by atoms with E-state index in [-0.39, 0.29) is 19.4 Å². The number of ether oxygens (including phenoxy) is 2. The van der Waals surface area contributed by atoms with E-state index in [4.69, 9.17) is 19.1 Å². The molecule has 0 amide bonds. The van der Waals surface area contributed by atoms with Crippen molar-refractivity contribution in [2.75, 3.05) is 26.4 Å². The Hall–Kier alpha value is -3.63. The smallest absolute Gasteiger partial charge is 0.462 e. The highest BCUT2D eigenvalue weighted by Crippen LogP contribution is 2.43. The standard InChI is InChI=1S/C52H83O10P/c1-3-5-7-9-11-13-15-17-19-21-23-24-26-27-29-31-33-35-37-39-41-43-51(55)59-47-50(48-61-63(57,58)60-46-49(54)45-53)62-52(56)44-42-40-38-36-34-32-30-28-25-22-20-18-16-14-12-10-8-6-4-2/h6,8,12,14,18-21,24-26,28-29,31-32,34-35,37-38,40,49-50,53-54H,3-5,7,9-11,13,15-17,22-23,27,30,33,36,39,41-48H2,1-2H3,(H,57,58)/b8-6+,14-12+,20-18+,21-19+,26-24+,28-25+,31-29+,34-32+,37-35+,40-38+/t49-,50+/m0/s1. The maximum atomic E-state index is 12.6. The lowest BCUT2D eigenvalue weighted by Gasteiger charge is -2.20. The molecule has 0 fully saturated rings. The van der Waals surface area contributed by atoms with Gasteiger partial charge in [0.1, 0.15) is 12.7 Å². The maximum Gasteiger partial charge on any atom is 0.472 e. The van der Waals surface area contributed by atoms with Crippen LogP contribution in [0.1, 0.15) is 155 Å². The van der Waals surface area contributed by atoms with Crippen molar-refractivity contribution in [3.8, 4) is 0 Å². The number of carbonyl (C=O) groups is 2. The van der Waals surface area contributed by atoms with Crippen LogP contribution in [0.25, 0.3) is 0 Å². The molecular weight excluding hydrogens is 816 g/mol. The third-order valence-electron chi connectivity index (χ3n) is 9.11. The Labute approximate surface area is 381 Å². The van der Waals surface area contributed by atoms with E-state index in [0.717, 1.165) is 51.4 Å². The van der Waals surface area contributed by atoms with Crippen molar-refractivity contribution in [3.05, 3.63) is 122 Å². The fraction of sp³-hybridized carbons (Fsp3) is 0.577. The molecule has 0 saturated carbocycles. The van der Waals surface area contributed by atoms with Gasteiger partial charge >= 0.3 is 19.8 Å². The molecule has 0 rings (SSSR count). The van der Waals surface area contributed by atoms with E-state index in [9.17, 15) is 24.2 Å². The molecule has 0 aliphatic heterocycles. The van der Waals surface area contributed by atoms with Gasteiger partial charge in [0.05, 0.1) is 19.8 Å². The number of allylic oxidation sites excluding steroid dienone is 20. The lowest BCUT2D eigenvalue weighted by Crippen LogP contribution is -2.29. The van der Waals surface area contributed by atoms with Gasteiger partial charge in [-0.25, -0.2) is 4.57 Å². The number of carbonyl (C=O) groups excluding carboxylic acids is 2. The molecule has 0 radical (unpaired) electrons. The normalized spacial score (nSPS) is 14.8. The first-order valence-electron chi connectivity index (χ1n) is 23.5. The van der Waals surface area contributed by atoms with Gasteiger partial charge in [-0.3, -0.25) is 18.6 Å². The number of hydrogen-bond donors (Lipinski definition) is 3. The van der Waals surface area contributed by atoms with Gasteiger partial charge in [-0.1, -0.05) is 174 Å². The molecule has 11 heteroatoms. The van der Waals surface area contributed by atoms with Crippen LogP contribution in [0.4, 0.5) is 0 Å². The van der Waals surface area contributed by atoms with Gasteiger partial charge in [0.15, 0.2) is 6.10 Å². The molecule has 63 heavy (non-hydrogen) atoms. The van der Waals surface area contributed by atoms with Crippen LogP contribution in [-0.4, -0.2) is 65.7 Å². The van der Waals surface area contributed by atoms with E-state index in [1.807, 2.05) is 18.2 Å². The van der Waals surface area contributed by atoms with Crippen molar-refractivity contribution in [2.24, 2.45) is 0 Å². The second kappa shape index (κ2) is 46.4. The highest BCUT2D eigenvalue weighted by molar-refractivity contribution is 7.47. The number of hydrogen-bond acceptors (Lipinski definition) is 9. The number of phosphoric acid groups is 1. The van der Waals surface area contributed by atoms with Crippen LogP contribution >= 0.6 is 7.82 Å². The summed E-state index contributed by atoms with van der Waals surface area (Å²) in [7, 11) is -4.66. The molecule has 3 N–H and O–H groups in total. The Morgan fingerprint density at radius 2 is 0.905 bits per heavy atom. The zero-order valence-corrected chi connectivity index (χ0v) is 39.6. The minimum absolute atomic E-state index is 0.0395. The van der Waals surface area contributed by atoms with Crippen molar-refractivity contribution in [3.63, 3.8) is 0 Å². The number of unbranched alkanes of at least 4 members (excludes halogenated alkanes) is 8. The third kappa shape index (κ3) is 46.2. The molecule has 0 aliphatic carbocycles. The van der Waals surface area contributed by atoms with Crippen LogP contribution in [-0.2, 0) is 32.7 Å². The molecule has 0 aromatic heterocycles. The Morgan fingerprint density at radius 1 is 0.492 bits per heavy atom. The van der Waals surface area contributed by atoms with E-state index in [0.29, 0.717) is 25.7 Å². The van der Waals surface area contributed by atoms with Gasteiger partial charge < -0.3 is 24.6 Å². The van der Waals surface area contributed by atoms with E-state index < -0.39 is 51.8 Å². The summed E-state index contributed by atoms with van der Waals surface area (Å²) in [6.45, 7) is 2.10. The number of rotatable bonds is 42. The first-order valence-corrected chi connectivity index (χ1v) is 25.0. The number of phosphoric ester groups is 1. The highest BCUT2D eigenvalue weighted by atomic mass is 31.2. The number of aliphatic hydroxyl groups excluding tert-OH is 2. The fourth-order valence-corrected chi connectivity index (χ4v) is 6.33. The highest BCUT2D eigenvalue weighted by Gasteiger charge is 2.27. The Bertz CT molecular complexity index is 1450. The molecule has 10 nitrogen and oxygen atoms in total. The molecule has 0 aliphatic rings. The van der Waals surface area contributed by atoms with Crippen LogP contribution < -0.4 is 0 Å². The summed E-state index contributed by atoms with van der Waals surface area (Å²) in [5.41, 5.74) is 0. The monoisotopic (exact) mass is 899 g/mol. The summed E-state index contributed by atoms with van der Waals surface area (Å²) >= 11 is 0. The van der Waals surface area contributed by atoms with Crippen LogP contribution in [0, 0.1) is 0 Å². The van der Waals surface area contributed by atoms with E-state index in [1.54, 1.807) is 0 Å². The minimum Gasteiger partial charge on any atom is -0.462 e. The molecule has 0 aromatic rings. The van der Waals surface area contributed by atoms with Gasteiger partial charge in [-0.05, 0) is 89.9 Å². The first kappa shape index (κ1) is 59.4. The van der Waals surface area contributed by atoms with Crippen molar-refractivity contribution in [2.45, 2.75) is 167 Å². The van der Waals surface area contributed by atoms with E-state index >= 15 is 0 Å². The molecule has 0 aromatic carbocycles. The van der Waals surface area contributed by atoms with Crippen LogP contribution in [0.2, 0.25) is 0 Å². The summed E-state index contributed by atoms with van der Waals surface area (Å²) in [5, 5.41) is 18.4. The number of aliphatic hydroxyl groups is 2. The summed E-state index contributed by atoms with van der Waals surface area (Å²) in [4.78, 5) is 35.0. The molecule has 0 saturated heterocycles. The predicted molar refractivity (Wildman–Crippen MR) is 260 cm³/mol. The van der Waals surface area contributed by atoms with Crippen molar-refractivity contribution < 1.29 is 47.8 Å². The molecular formula is C52H83O10P. The average molecular weight is 899 g/mol. The van der Waals surface area contributed by atoms with E-state index in [1.165, 1.54) is 51.4 Å². The third-order valence-corrected chi connectivity index (χ3v) is 10.1. The van der Waals surface area contributed by atoms with Crippen molar-refractivity contribution in [1.82, 2.24) is 0 Å². The topological polar surface area (TPSA) is 149 Å². The first-order chi connectivity index (χ1) is 30.7. The molecule has 1 unspecified atom stereocenters. The van der Waals surface area contributed by atoms with Gasteiger partial charge in [0.25, 0.3) is 0 Å². The van der Waals surface area contributed by atoms with Crippen LogP contribution in [0.3, 0.4) is 0 Å². The summed E-state index contributed by atoms with van der Waals surface area (Å²) < 4.78 is 32.6. The minimum atomic E-state index is -4.66. The van der Waals surface area contributed by atoms with Gasteiger partial charge in [-0.15, -0.1) is 0 Å². The molecule has 0 spiro atoms. The maximum absolute atomic E-state index is 12.6. The lowest BCUT2D eigenvalue weighted by atomic mass is 10.1. The quantitative estimate of drug-likeness (QED) is 0.0234. The summed E-state index contributed by atoms with van der Waals surface area (Å²) in [6, 6.07) is 0. The summed E-state index contributed by atoms with van der Waals surface area (Å²) in [5.74, 6) is -1.10. The largest absolute Gasteiger partial charge is 0.472 e. The van der Waals surface area contributed by atoms with Gasteiger partial charge in [-0.2, -0.15) is 0 Å². The zero-order valence-electron chi connectivity index (χ0n) is 38.7.